The molecule has 0 aliphatic heterocycles. The number of phenols is 1. The number of aliphatic hydroxyl groups is 1. The van der Waals surface area contributed by atoms with Crippen molar-refractivity contribution in [1.82, 2.24) is 0 Å². The Morgan fingerprint density at radius 2 is 1.95 bits per heavy atom. The van der Waals surface area contributed by atoms with Crippen molar-refractivity contribution in [3.8, 4) is 17.6 Å². The molecule has 0 unspecified atom stereocenters. The van der Waals surface area contributed by atoms with Gasteiger partial charge in [-0.15, -0.1) is 0 Å². The number of allylic oxidation sites excluding steroid dienone is 1. The van der Waals surface area contributed by atoms with E-state index in [1.807, 2.05) is 0 Å². The zero-order valence-electron chi connectivity index (χ0n) is 11.6. The van der Waals surface area contributed by atoms with Crippen molar-refractivity contribution in [2.45, 2.75) is 0 Å². The number of nitrogens with zero attached hydrogens (tertiary/aromatic N) is 1. The van der Waals surface area contributed by atoms with Crippen molar-refractivity contribution < 1.29 is 19.7 Å². The summed E-state index contributed by atoms with van der Waals surface area (Å²) < 4.78 is 5.02. The number of ketones is 1. The molecule has 0 aromatic heterocycles. The number of aliphatic hydroxyl groups excluding tert-OH is 1. The smallest absolute Gasteiger partial charge is 0.193 e. The summed E-state index contributed by atoms with van der Waals surface area (Å²) in [6, 6.07) is 14.5. The maximum Gasteiger partial charge on any atom is 0.193 e. The van der Waals surface area contributed by atoms with E-state index in [4.69, 9.17) is 10.00 Å². The Hall–Kier alpha value is -3.26. The summed E-state index contributed by atoms with van der Waals surface area (Å²) in [6.45, 7) is -0.151. The average Bonchev–Trinajstić information content (AvgIpc) is 2.53. The quantitative estimate of drug-likeness (QED) is 0.502. The van der Waals surface area contributed by atoms with Crippen LogP contribution in [-0.4, -0.2) is 22.6 Å². The first-order valence-corrected chi connectivity index (χ1v) is 6.45. The monoisotopic (exact) mass is 295 g/mol. The lowest BCUT2D eigenvalue weighted by Crippen LogP contribution is -1.99. The van der Waals surface area contributed by atoms with Crippen molar-refractivity contribution in [3.05, 3.63) is 65.7 Å². The lowest BCUT2D eigenvalue weighted by Gasteiger charge is -2.05. The molecule has 5 nitrogen and oxygen atoms in total. The van der Waals surface area contributed by atoms with Crippen molar-refractivity contribution in [2.24, 2.45) is 0 Å². The molecule has 0 heterocycles. The van der Waals surface area contributed by atoms with Gasteiger partial charge in [0.25, 0.3) is 0 Å². The molecular weight excluding hydrogens is 282 g/mol. The molecule has 2 rings (SSSR count). The number of phenolic OH excluding ortho intramolecular Hbond substituents is 1. The molecular formula is C17H13NO4. The Morgan fingerprint density at radius 3 is 2.59 bits per heavy atom. The molecule has 5 heteroatoms. The fourth-order valence-corrected chi connectivity index (χ4v) is 1.82. The first kappa shape index (κ1) is 15.1. The maximum atomic E-state index is 12.1. The molecule has 2 N–H and O–H groups in total. The molecule has 110 valence electrons. The molecule has 0 aliphatic rings. The molecule has 2 aromatic carbocycles. The molecule has 0 amide bonds. The van der Waals surface area contributed by atoms with Crippen LogP contribution in [0.1, 0.15) is 15.9 Å². The maximum absolute atomic E-state index is 12.1. The summed E-state index contributed by atoms with van der Waals surface area (Å²) in [7, 11) is 0. The lowest BCUT2D eigenvalue weighted by molar-refractivity contribution is 0.104. The molecule has 0 spiro atoms. The summed E-state index contributed by atoms with van der Waals surface area (Å²) in [5.41, 5.74) is 0.538. The second-order valence-corrected chi connectivity index (χ2v) is 4.39. The Bertz CT molecular complexity index is 745. The van der Waals surface area contributed by atoms with Gasteiger partial charge in [0, 0.05) is 17.7 Å². The van der Waals surface area contributed by atoms with Crippen molar-refractivity contribution in [1.29, 1.82) is 5.26 Å². The number of hydrogen-bond donors (Lipinski definition) is 2. The van der Waals surface area contributed by atoms with Gasteiger partial charge in [-0.05, 0) is 12.1 Å². The topological polar surface area (TPSA) is 90.5 Å². The fourth-order valence-electron chi connectivity index (χ4n) is 1.82. The van der Waals surface area contributed by atoms with E-state index in [0.29, 0.717) is 5.56 Å². The summed E-state index contributed by atoms with van der Waals surface area (Å²) in [4.78, 5) is 12.1. The third-order valence-corrected chi connectivity index (χ3v) is 2.88. The number of nitriles is 1. The van der Waals surface area contributed by atoms with Gasteiger partial charge in [0.05, 0.1) is 5.56 Å². The van der Waals surface area contributed by atoms with Crippen LogP contribution in [0, 0.1) is 11.3 Å². The predicted octanol–water partition coefficient (Wildman–Crippen LogP) is 3.08. The Morgan fingerprint density at radius 1 is 1.23 bits per heavy atom. The number of carbonyl (C=O) groups is 1. The van der Waals surface area contributed by atoms with E-state index in [1.165, 1.54) is 18.2 Å². The van der Waals surface area contributed by atoms with E-state index < -0.39 is 5.78 Å². The van der Waals surface area contributed by atoms with Gasteiger partial charge >= 0.3 is 0 Å². The van der Waals surface area contributed by atoms with Gasteiger partial charge in [0.2, 0.25) is 0 Å². The van der Waals surface area contributed by atoms with E-state index >= 15 is 0 Å². The molecule has 0 atom stereocenters. The normalized spacial score (nSPS) is 10.8. The Balaban J connectivity index is 2.21. The van der Waals surface area contributed by atoms with Crippen LogP contribution in [0.3, 0.4) is 0 Å². The summed E-state index contributed by atoms with van der Waals surface area (Å²) in [5.74, 6) is -0.718. The molecule has 0 fully saturated rings. The second-order valence-electron chi connectivity index (χ2n) is 4.39. The molecule has 0 saturated carbocycles. The number of carbonyl (C=O) groups excluding carboxylic acids is 1. The molecule has 0 saturated heterocycles. The Kier molecular flexibility index (Phi) is 4.78. The molecule has 2 aromatic rings. The van der Waals surface area contributed by atoms with Crippen LogP contribution in [0.4, 0.5) is 0 Å². The van der Waals surface area contributed by atoms with E-state index in [1.54, 1.807) is 36.4 Å². The number of rotatable bonds is 5. The van der Waals surface area contributed by atoms with Crippen LogP contribution in [0.15, 0.2) is 54.6 Å². The van der Waals surface area contributed by atoms with Crippen molar-refractivity contribution >= 4 is 11.5 Å². The van der Waals surface area contributed by atoms with E-state index in [2.05, 4.69) is 0 Å². The SMILES string of the molecule is N#CCOc1ccc(C(=O)/C=C(\O)c2ccccc2)c(O)c1. The highest BCUT2D eigenvalue weighted by molar-refractivity contribution is 6.09. The molecule has 0 radical (unpaired) electrons. The first-order valence-electron chi connectivity index (χ1n) is 6.45. The lowest BCUT2D eigenvalue weighted by atomic mass is 10.1. The van der Waals surface area contributed by atoms with Gasteiger partial charge in [-0.25, -0.2) is 0 Å². The minimum Gasteiger partial charge on any atom is -0.507 e. The van der Waals surface area contributed by atoms with Crippen LogP contribution >= 0.6 is 0 Å². The van der Waals surface area contributed by atoms with Crippen molar-refractivity contribution in [3.63, 3.8) is 0 Å². The molecule has 0 bridgehead atoms. The minimum atomic E-state index is -0.536. The number of benzene rings is 2. The van der Waals surface area contributed by atoms with Crippen LogP contribution in [-0.2, 0) is 0 Å². The van der Waals surface area contributed by atoms with E-state index in [9.17, 15) is 15.0 Å². The van der Waals surface area contributed by atoms with E-state index in [-0.39, 0.29) is 29.4 Å². The molecule has 0 aliphatic carbocycles. The second kappa shape index (κ2) is 6.95. The summed E-state index contributed by atoms with van der Waals surface area (Å²) >= 11 is 0. The zero-order chi connectivity index (χ0) is 15.9. The van der Waals surface area contributed by atoms with Crippen LogP contribution in [0.25, 0.3) is 5.76 Å². The first-order chi connectivity index (χ1) is 10.6. The summed E-state index contributed by atoms with van der Waals surface area (Å²) in [5, 5.41) is 28.2. The number of ether oxygens (including phenoxy) is 1. The third-order valence-electron chi connectivity index (χ3n) is 2.88. The number of hydrogen-bond acceptors (Lipinski definition) is 5. The van der Waals surface area contributed by atoms with Gasteiger partial charge in [-0.1, -0.05) is 30.3 Å². The van der Waals surface area contributed by atoms with Crippen LogP contribution in [0.2, 0.25) is 0 Å². The largest absolute Gasteiger partial charge is 0.507 e. The van der Waals surface area contributed by atoms with Gasteiger partial charge in [0.15, 0.2) is 12.4 Å². The predicted molar refractivity (Wildman–Crippen MR) is 80.6 cm³/mol. The highest BCUT2D eigenvalue weighted by Crippen LogP contribution is 2.25. The molecule has 22 heavy (non-hydrogen) atoms. The number of aromatic hydroxyl groups is 1. The van der Waals surface area contributed by atoms with Crippen LogP contribution in [0.5, 0.6) is 11.5 Å². The van der Waals surface area contributed by atoms with Crippen molar-refractivity contribution in [2.75, 3.05) is 6.61 Å². The standard InChI is InChI=1S/C17H13NO4/c18-8-9-22-13-6-7-14(16(20)10-13)17(21)11-15(19)12-4-2-1-3-5-12/h1-7,10-11,19-20H,9H2/b15-11-. The fraction of sp³-hybridized carbons (Fsp3) is 0.0588. The van der Waals surface area contributed by atoms with Crippen LogP contribution < -0.4 is 4.74 Å². The van der Waals surface area contributed by atoms with Gasteiger partial charge < -0.3 is 14.9 Å². The Labute approximate surface area is 127 Å². The van der Waals surface area contributed by atoms with E-state index in [0.717, 1.165) is 6.08 Å². The average molecular weight is 295 g/mol. The van der Waals surface area contributed by atoms with Gasteiger partial charge in [0.1, 0.15) is 23.3 Å². The van der Waals surface area contributed by atoms with Gasteiger partial charge in [-0.2, -0.15) is 5.26 Å². The highest BCUT2D eigenvalue weighted by Gasteiger charge is 2.12. The van der Waals surface area contributed by atoms with Gasteiger partial charge in [-0.3, -0.25) is 4.79 Å². The summed E-state index contributed by atoms with van der Waals surface area (Å²) in [6.07, 6.45) is 1.04. The minimum absolute atomic E-state index is 0.0341. The highest BCUT2D eigenvalue weighted by atomic mass is 16.5. The third kappa shape index (κ3) is 3.64. The zero-order valence-corrected chi connectivity index (χ0v) is 11.6.